The number of aryl methyl sites for hydroxylation is 1. The molecule has 0 spiro atoms. The number of hydrogen-bond acceptors (Lipinski definition) is 4. The fraction of sp³-hybridized carbons (Fsp3) is 0.200. The van der Waals surface area contributed by atoms with Crippen LogP contribution < -0.4 is 15.0 Å². The monoisotopic (exact) mass is 400 g/mol. The van der Waals surface area contributed by atoms with Crippen LogP contribution in [-0.2, 0) is 13.2 Å². The Morgan fingerprint density at radius 2 is 1.47 bits per heavy atom. The molecule has 0 fully saturated rings. The van der Waals surface area contributed by atoms with Crippen molar-refractivity contribution in [2.24, 2.45) is 0 Å². The Bertz CT molecular complexity index is 1140. The van der Waals surface area contributed by atoms with Crippen LogP contribution in [0.5, 0.6) is 11.5 Å². The second-order valence-electron chi connectivity index (χ2n) is 7.06. The molecule has 0 saturated heterocycles. The summed E-state index contributed by atoms with van der Waals surface area (Å²) in [5, 5.41) is 0.658. The van der Waals surface area contributed by atoms with Crippen LogP contribution in [0.3, 0.4) is 0 Å². The van der Waals surface area contributed by atoms with E-state index in [1.54, 1.807) is 10.9 Å². The Balaban J connectivity index is 1.20. The minimum Gasteiger partial charge on any atom is -0.494 e. The fourth-order valence-corrected chi connectivity index (χ4v) is 3.21. The first kappa shape index (κ1) is 19.7. The molecule has 0 bridgehead atoms. The van der Waals surface area contributed by atoms with Crippen molar-refractivity contribution in [1.82, 2.24) is 9.55 Å². The predicted octanol–water partition coefficient (Wildman–Crippen LogP) is 4.83. The van der Waals surface area contributed by atoms with Gasteiger partial charge in [-0.15, -0.1) is 0 Å². The first-order valence-electron chi connectivity index (χ1n) is 10.1. The van der Waals surface area contributed by atoms with E-state index < -0.39 is 0 Å². The number of ether oxygens (including phenoxy) is 2. The van der Waals surface area contributed by atoms with Gasteiger partial charge in [0.25, 0.3) is 5.56 Å². The Morgan fingerprint density at radius 1 is 0.767 bits per heavy atom. The number of para-hydroxylation sites is 1. The lowest BCUT2D eigenvalue weighted by atomic mass is 10.2. The smallest absolute Gasteiger partial charge is 0.261 e. The van der Waals surface area contributed by atoms with Crippen molar-refractivity contribution in [3.05, 3.63) is 101 Å². The van der Waals surface area contributed by atoms with Crippen molar-refractivity contribution >= 4 is 10.9 Å². The third-order valence-electron chi connectivity index (χ3n) is 4.87. The lowest BCUT2D eigenvalue weighted by molar-refractivity contribution is 0.296. The van der Waals surface area contributed by atoms with Gasteiger partial charge < -0.3 is 9.47 Å². The zero-order valence-corrected chi connectivity index (χ0v) is 16.7. The summed E-state index contributed by atoms with van der Waals surface area (Å²) in [7, 11) is 0. The molecule has 0 N–H and O–H groups in total. The molecule has 0 radical (unpaired) electrons. The molecule has 0 unspecified atom stereocenters. The van der Waals surface area contributed by atoms with Gasteiger partial charge in [-0.2, -0.15) is 0 Å². The van der Waals surface area contributed by atoms with E-state index in [1.165, 1.54) is 0 Å². The van der Waals surface area contributed by atoms with E-state index in [1.807, 2.05) is 78.9 Å². The van der Waals surface area contributed by atoms with Crippen LogP contribution in [0.15, 0.2) is 90.0 Å². The van der Waals surface area contributed by atoms with E-state index in [-0.39, 0.29) is 5.56 Å². The van der Waals surface area contributed by atoms with E-state index in [9.17, 15) is 4.79 Å². The van der Waals surface area contributed by atoms with Crippen LogP contribution in [0.4, 0.5) is 0 Å². The van der Waals surface area contributed by atoms with Crippen LogP contribution in [-0.4, -0.2) is 16.2 Å². The number of fused-ring (bicyclic) bond motifs is 1. The molecular weight excluding hydrogens is 376 g/mol. The average molecular weight is 400 g/mol. The van der Waals surface area contributed by atoms with Crippen molar-refractivity contribution in [2.75, 3.05) is 6.61 Å². The lowest BCUT2D eigenvalue weighted by Crippen LogP contribution is -2.20. The van der Waals surface area contributed by atoms with Crippen molar-refractivity contribution in [2.45, 2.75) is 26.0 Å². The third-order valence-corrected chi connectivity index (χ3v) is 4.87. The summed E-state index contributed by atoms with van der Waals surface area (Å²) in [5.41, 5.74) is 1.88. The van der Waals surface area contributed by atoms with Gasteiger partial charge in [0.2, 0.25) is 0 Å². The van der Waals surface area contributed by atoms with Crippen LogP contribution in [0, 0.1) is 0 Å². The van der Waals surface area contributed by atoms with Crippen molar-refractivity contribution < 1.29 is 9.47 Å². The quantitative estimate of drug-likeness (QED) is 0.378. The molecule has 0 aliphatic rings. The SMILES string of the molecule is O=c1c2ccccc2ncn1CCCCOc1ccc(OCc2ccccc2)cc1. The standard InChI is InChI=1S/C25H24N2O3/c28-25-23-10-4-5-11-24(23)26-19-27(25)16-6-7-17-29-21-12-14-22(15-13-21)30-18-20-8-2-1-3-9-20/h1-5,8-15,19H,6-7,16-18H2. The molecule has 5 nitrogen and oxygen atoms in total. The van der Waals surface area contributed by atoms with Crippen molar-refractivity contribution in [1.29, 1.82) is 0 Å². The number of unbranched alkanes of at least 4 members (excludes halogenated alkanes) is 1. The first-order valence-corrected chi connectivity index (χ1v) is 10.1. The Morgan fingerprint density at radius 3 is 2.27 bits per heavy atom. The molecule has 0 aliphatic heterocycles. The van der Waals surface area contributed by atoms with Gasteiger partial charge in [-0.05, 0) is 54.8 Å². The van der Waals surface area contributed by atoms with Gasteiger partial charge in [-0.1, -0.05) is 42.5 Å². The largest absolute Gasteiger partial charge is 0.494 e. The zero-order chi connectivity index (χ0) is 20.6. The van der Waals surface area contributed by atoms with Gasteiger partial charge in [0.05, 0.1) is 23.8 Å². The summed E-state index contributed by atoms with van der Waals surface area (Å²) in [5.74, 6) is 1.63. The Kier molecular flexibility index (Phi) is 6.40. The minimum atomic E-state index is 0.00705. The van der Waals surface area contributed by atoms with Gasteiger partial charge in [-0.25, -0.2) is 4.98 Å². The third kappa shape index (κ3) is 5.06. The highest BCUT2D eigenvalue weighted by molar-refractivity contribution is 5.76. The molecule has 0 aliphatic carbocycles. The summed E-state index contributed by atoms with van der Waals surface area (Å²) in [4.78, 5) is 16.8. The minimum absolute atomic E-state index is 0.00705. The average Bonchev–Trinajstić information content (AvgIpc) is 2.80. The van der Waals surface area contributed by atoms with Gasteiger partial charge in [-0.3, -0.25) is 9.36 Å². The molecule has 152 valence electrons. The molecule has 3 aromatic carbocycles. The van der Waals surface area contributed by atoms with E-state index in [0.29, 0.717) is 25.1 Å². The molecule has 0 saturated carbocycles. The van der Waals surface area contributed by atoms with Gasteiger partial charge >= 0.3 is 0 Å². The Labute approximate surface area is 175 Å². The van der Waals surface area contributed by atoms with Crippen molar-refractivity contribution in [3.8, 4) is 11.5 Å². The molecule has 1 aromatic heterocycles. The van der Waals surface area contributed by atoms with Crippen LogP contribution in [0.1, 0.15) is 18.4 Å². The van der Waals surface area contributed by atoms with Gasteiger partial charge in [0.15, 0.2) is 0 Å². The normalized spacial score (nSPS) is 10.8. The van der Waals surface area contributed by atoms with E-state index >= 15 is 0 Å². The number of hydrogen-bond donors (Lipinski definition) is 0. The van der Waals surface area contributed by atoms with Crippen LogP contribution in [0.2, 0.25) is 0 Å². The molecule has 0 amide bonds. The first-order chi connectivity index (χ1) is 14.8. The maximum atomic E-state index is 12.5. The Hall–Kier alpha value is -3.60. The number of rotatable bonds is 9. The number of benzene rings is 3. The molecule has 30 heavy (non-hydrogen) atoms. The second kappa shape index (κ2) is 9.74. The maximum absolute atomic E-state index is 12.5. The van der Waals surface area contributed by atoms with Gasteiger partial charge in [0.1, 0.15) is 18.1 Å². The van der Waals surface area contributed by atoms with Gasteiger partial charge in [0, 0.05) is 6.54 Å². The molecule has 4 rings (SSSR count). The van der Waals surface area contributed by atoms with Crippen LogP contribution >= 0.6 is 0 Å². The zero-order valence-electron chi connectivity index (χ0n) is 16.7. The second-order valence-corrected chi connectivity index (χ2v) is 7.06. The molecule has 5 heteroatoms. The summed E-state index contributed by atoms with van der Waals surface area (Å²) in [6.07, 6.45) is 3.32. The van der Waals surface area contributed by atoms with E-state index in [0.717, 1.165) is 35.4 Å². The maximum Gasteiger partial charge on any atom is 0.261 e. The highest BCUT2D eigenvalue weighted by atomic mass is 16.5. The topological polar surface area (TPSA) is 53.4 Å². The summed E-state index contributed by atoms with van der Waals surface area (Å²) >= 11 is 0. The molecule has 1 heterocycles. The molecule has 0 atom stereocenters. The predicted molar refractivity (Wildman–Crippen MR) is 118 cm³/mol. The summed E-state index contributed by atoms with van der Waals surface area (Å²) in [6.45, 7) is 1.77. The number of nitrogens with zero attached hydrogens (tertiary/aromatic N) is 2. The highest BCUT2D eigenvalue weighted by Gasteiger charge is 2.03. The summed E-state index contributed by atoms with van der Waals surface area (Å²) < 4.78 is 13.3. The van der Waals surface area contributed by atoms with Crippen LogP contribution in [0.25, 0.3) is 10.9 Å². The number of aromatic nitrogens is 2. The van der Waals surface area contributed by atoms with E-state index in [2.05, 4.69) is 4.98 Å². The highest BCUT2D eigenvalue weighted by Crippen LogP contribution is 2.19. The molecule has 4 aromatic rings. The van der Waals surface area contributed by atoms with Crippen molar-refractivity contribution in [3.63, 3.8) is 0 Å². The lowest BCUT2D eigenvalue weighted by Gasteiger charge is -2.09. The molecular formula is C25H24N2O3. The van der Waals surface area contributed by atoms with E-state index in [4.69, 9.17) is 9.47 Å². The fourth-order valence-electron chi connectivity index (χ4n) is 3.21. The summed E-state index contributed by atoms with van der Waals surface area (Å²) in [6, 6.07) is 25.2.